The molecule has 0 fully saturated rings. The largest absolute Gasteiger partial charge is 0.207 e. The van der Waals surface area contributed by atoms with E-state index in [1.165, 1.54) is 6.07 Å². The Balaban J connectivity index is 0.000000671. The fourth-order valence-electron chi connectivity index (χ4n) is 1.09. The standard InChI is InChI=1S/C10H13F.C2H6/c1-3-8(2)9-6-4-5-7-10(9)11;1-2/h4-8H,3H2,1-2H3;1-2H3. The molecule has 0 radical (unpaired) electrons. The van der Waals surface area contributed by atoms with Gasteiger partial charge in [0.05, 0.1) is 0 Å². The lowest BCUT2D eigenvalue weighted by atomic mass is 9.98. The second-order valence-corrected chi connectivity index (χ2v) is 2.83. The molecule has 1 atom stereocenters. The zero-order chi connectivity index (χ0) is 10.3. The fourth-order valence-corrected chi connectivity index (χ4v) is 1.09. The molecule has 0 N–H and O–H groups in total. The van der Waals surface area contributed by atoms with Gasteiger partial charge in [-0.2, -0.15) is 0 Å². The second kappa shape index (κ2) is 6.64. The topological polar surface area (TPSA) is 0 Å². The Morgan fingerprint density at radius 3 is 2.23 bits per heavy atom. The molecule has 0 saturated heterocycles. The number of hydrogen-bond donors (Lipinski definition) is 0. The van der Waals surface area contributed by atoms with Crippen LogP contribution in [0, 0.1) is 5.82 Å². The summed E-state index contributed by atoms with van der Waals surface area (Å²) >= 11 is 0. The summed E-state index contributed by atoms with van der Waals surface area (Å²) in [4.78, 5) is 0. The van der Waals surface area contributed by atoms with Crippen molar-refractivity contribution < 1.29 is 4.39 Å². The highest BCUT2D eigenvalue weighted by atomic mass is 19.1. The van der Waals surface area contributed by atoms with Crippen LogP contribution in [0.5, 0.6) is 0 Å². The second-order valence-electron chi connectivity index (χ2n) is 2.83. The van der Waals surface area contributed by atoms with Gasteiger partial charge in [0.2, 0.25) is 0 Å². The Hall–Kier alpha value is -0.850. The van der Waals surface area contributed by atoms with Crippen LogP contribution < -0.4 is 0 Å². The molecule has 0 aliphatic carbocycles. The molecule has 0 aliphatic rings. The lowest BCUT2D eigenvalue weighted by Crippen LogP contribution is -1.94. The van der Waals surface area contributed by atoms with Crippen LogP contribution in [0.4, 0.5) is 4.39 Å². The maximum absolute atomic E-state index is 13.0. The first-order valence-corrected chi connectivity index (χ1v) is 5.00. The van der Waals surface area contributed by atoms with E-state index in [0.717, 1.165) is 12.0 Å². The van der Waals surface area contributed by atoms with Gasteiger partial charge in [-0.25, -0.2) is 4.39 Å². The van der Waals surface area contributed by atoms with E-state index in [-0.39, 0.29) is 5.82 Å². The molecule has 74 valence electrons. The Morgan fingerprint density at radius 2 is 1.77 bits per heavy atom. The Kier molecular flexibility index (Phi) is 6.21. The van der Waals surface area contributed by atoms with Crippen molar-refractivity contribution in [1.82, 2.24) is 0 Å². The van der Waals surface area contributed by atoms with Gasteiger partial charge in [-0.3, -0.25) is 0 Å². The van der Waals surface area contributed by atoms with Gasteiger partial charge in [0.15, 0.2) is 0 Å². The van der Waals surface area contributed by atoms with Crippen molar-refractivity contribution in [2.75, 3.05) is 0 Å². The van der Waals surface area contributed by atoms with E-state index in [4.69, 9.17) is 0 Å². The molecule has 0 aliphatic heterocycles. The summed E-state index contributed by atoms with van der Waals surface area (Å²) < 4.78 is 13.0. The van der Waals surface area contributed by atoms with E-state index in [1.54, 1.807) is 6.07 Å². The van der Waals surface area contributed by atoms with Crippen molar-refractivity contribution in [3.63, 3.8) is 0 Å². The van der Waals surface area contributed by atoms with E-state index in [2.05, 4.69) is 6.92 Å². The summed E-state index contributed by atoms with van der Waals surface area (Å²) in [6.45, 7) is 8.11. The van der Waals surface area contributed by atoms with Gasteiger partial charge >= 0.3 is 0 Å². The average Bonchev–Trinajstić information content (AvgIpc) is 2.20. The van der Waals surface area contributed by atoms with Gasteiger partial charge < -0.3 is 0 Å². The number of rotatable bonds is 2. The first-order valence-electron chi connectivity index (χ1n) is 5.00. The third-order valence-corrected chi connectivity index (χ3v) is 2.05. The normalized spacial score (nSPS) is 11.5. The van der Waals surface area contributed by atoms with Crippen LogP contribution in [0.25, 0.3) is 0 Å². The van der Waals surface area contributed by atoms with Gasteiger partial charge in [-0.05, 0) is 24.0 Å². The van der Waals surface area contributed by atoms with Crippen molar-refractivity contribution in [1.29, 1.82) is 0 Å². The molecule has 0 amide bonds. The molecule has 0 heterocycles. The van der Waals surface area contributed by atoms with Gasteiger partial charge in [-0.15, -0.1) is 0 Å². The monoisotopic (exact) mass is 182 g/mol. The van der Waals surface area contributed by atoms with Crippen LogP contribution >= 0.6 is 0 Å². The number of hydrogen-bond acceptors (Lipinski definition) is 0. The van der Waals surface area contributed by atoms with E-state index in [9.17, 15) is 4.39 Å². The highest BCUT2D eigenvalue weighted by molar-refractivity contribution is 5.20. The average molecular weight is 182 g/mol. The van der Waals surface area contributed by atoms with E-state index in [0.29, 0.717) is 5.92 Å². The Bertz CT molecular complexity index is 230. The molecule has 0 spiro atoms. The maximum atomic E-state index is 13.0. The van der Waals surface area contributed by atoms with Crippen molar-refractivity contribution in [3.8, 4) is 0 Å². The highest BCUT2D eigenvalue weighted by Crippen LogP contribution is 2.20. The molecule has 1 heteroatoms. The quantitative estimate of drug-likeness (QED) is 0.637. The molecule has 1 aromatic rings. The van der Waals surface area contributed by atoms with Gasteiger partial charge in [0, 0.05) is 0 Å². The first kappa shape index (κ1) is 12.2. The molecule has 1 unspecified atom stereocenters. The SMILES string of the molecule is CC.CCC(C)c1ccccc1F. The maximum Gasteiger partial charge on any atom is 0.126 e. The molecule has 13 heavy (non-hydrogen) atoms. The van der Waals surface area contributed by atoms with Gasteiger partial charge in [-0.1, -0.05) is 45.9 Å². The van der Waals surface area contributed by atoms with Crippen LogP contribution in [0.2, 0.25) is 0 Å². The predicted molar refractivity (Wildman–Crippen MR) is 56.5 cm³/mol. The van der Waals surface area contributed by atoms with Crippen LogP contribution in [0.15, 0.2) is 24.3 Å². The molecule has 0 nitrogen and oxygen atoms in total. The predicted octanol–water partition coefficient (Wildman–Crippen LogP) is 4.37. The van der Waals surface area contributed by atoms with Crippen LogP contribution in [-0.2, 0) is 0 Å². The summed E-state index contributed by atoms with van der Waals surface area (Å²) in [7, 11) is 0. The molecule has 1 aromatic carbocycles. The Labute approximate surface area is 80.8 Å². The summed E-state index contributed by atoms with van der Waals surface area (Å²) in [5, 5.41) is 0. The summed E-state index contributed by atoms with van der Waals surface area (Å²) in [5.74, 6) is 0.248. The van der Waals surface area contributed by atoms with E-state index in [1.807, 2.05) is 32.9 Å². The van der Waals surface area contributed by atoms with Gasteiger partial charge in [0.25, 0.3) is 0 Å². The molecular weight excluding hydrogens is 163 g/mol. The van der Waals surface area contributed by atoms with Crippen LogP contribution in [0.1, 0.15) is 45.6 Å². The molecule has 0 aromatic heterocycles. The number of benzene rings is 1. The van der Waals surface area contributed by atoms with Crippen molar-refractivity contribution >= 4 is 0 Å². The Morgan fingerprint density at radius 1 is 1.23 bits per heavy atom. The van der Waals surface area contributed by atoms with Crippen molar-refractivity contribution in [2.24, 2.45) is 0 Å². The zero-order valence-corrected chi connectivity index (χ0v) is 8.97. The molecule has 1 rings (SSSR count). The summed E-state index contributed by atoms with van der Waals surface area (Å²) in [5.41, 5.74) is 0.829. The minimum Gasteiger partial charge on any atom is -0.207 e. The number of halogens is 1. The first-order chi connectivity index (χ1) is 6.25. The molecule has 0 bridgehead atoms. The molecule has 0 saturated carbocycles. The van der Waals surface area contributed by atoms with E-state index >= 15 is 0 Å². The van der Waals surface area contributed by atoms with Crippen molar-refractivity contribution in [3.05, 3.63) is 35.6 Å². The molecular formula is C12H19F. The summed E-state index contributed by atoms with van der Waals surface area (Å²) in [6, 6.07) is 6.97. The summed E-state index contributed by atoms with van der Waals surface area (Å²) in [6.07, 6.45) is 0.987. The fraction of sp³-hybridized carbons (Fsp3) is 0.500. The minimum absolute atomic E-state index is 0.0816. The van der Waals surface area contributed by atoms with Crippen molar-refractivity contribution in [2.45, 2.75) is 40.0 Å². The van der Waals surface area contributed by atoms with E-state index < -0.39 is 0 Å². The van der Waals surface area contributed by atoms with Crippen LogP contribution in [0.3, 0.4) is 0 Å². The lowest BCUT2D eigenvalue weighted by Gasteiger charge is -2.08. The van der Waals surface area contributed by atoms with Gasteiger partial charge in [0.1, 0.15) is 5.82 Å². The highest BCUT2D eigenvalue weighted by Gasteiger charge is 2.06. The smallest absolute Gasteiger partial charge is 0.126 e. The van der Waals surface area contributed by atoms with Crippen LogP contribution in [-0.4, -0.2) is 0 Å². The minimum atomic E-state index is -0.0816. The lowest BCUT2D eigenvalue weighted by molar-refractivity contribution is 0.584. The third-order valence-electron chi connectivity index (χ3n) is 2.05. The zero-order valence-electron chi connectivity index (χ0n) is 8.97. The third kappa shape index (κ3) is 3.58.